The molecule has 0 unspecified atom stereocenters. The second-order valence-corrected chi connectivity index (χ2v) is 8.64. The van der Waals surface area contributed by atoms with Crippen LogP contribution in [0.1, 0.15) is 39.7 Å². The molecule has 1 atom stereocenters. The third-order valence-corrected chi connectivity index (χ3v) is 4.92. The van der Waals surface area contributed by atoms with E-state index in [1.807, 2.05) is 45.9 Å². The number of carbonyl (C=O) groups is 2. The van der Waals surface area contributed by atoms with Gasteiger partial charge in [-0.3, -0.25) is 19.6 Å². The molecule has 7 heteroatoms. The van der Waals surface area contributed by atoms with Gasteiger partial charge < -0.3 is 10.1 Å². The zero-order chi connectivity index (χ0) is 21.7. The highest BCUT2D eigenvalue weighted by atomic mass is 16.5. The highest BCUT2D eigenvalue weighted by Crippen LogP contribution is 2.24. The van der Waals surface area contributed by atoms with Crippen LogP contribution >= 0.6 is 0 Å². The number of benzene rings is 1. The van der Waals surface area contributed by atoms with Gasteiger partial charge in [-0.25, -0.2) is 4.79 Å². The summed E-state index contributed by atoms with van der Waals surface area (Å²) in [5.74, 6) is 0.276. The first-order valence-corrected chi connectivity index (χ1v) is 10.6. The molecule has 1 aromatic carbocycles. The van der Waals surface area contributed by atoms with E-state index in [1.165, 1.54) is 0 Å². The van der Waals surface area contributed by atoms with E-state index in [2.05, 4.69) is 17.4 Å². The molecule has 0 saturated heterocycles. The molecule has 1 aromatic rings. The van der Waals surface area contributed by atoms with Crippen molar-refractivity contribution >= 4 is 17.8 Å². The number of amidine groups is 1. The van der Waals surface area contributed by atoms with E-state index in [-0.39, 0.29) is 23.6 Å². The summed E-state index contributed by atoms with van der Waals surface area (Å²) < 4.78 is 5.78. The number of carbonyl (C=O) groups excluding carboxylic acids is 2. The molecule has 0 saturated carbocycles. The van der Waals surface area contributed by atoms with Crippen LogP contribution in [0.5, 0.6) is 0 Å². The second-order valence-electron chi connectivity index (χ2n) is 8.64. The summed E-state index contributed by atoms with van der Waals surface area (Å²) in [7, 11) is 0. The SMILES string of the molecule is CCCNC(=O)C1=CN(CCOC(C)(C)C)C(=O)N2C[C@@H](Cc3ccccc3)N=C12. The zero-order valence-electron chi connectivity index (χ0n) is 18.4. The number of ether oxygens (including phenoxy) is 1. The Balaban J connectivity index is 1.79. The smallest absolute Gasteiger partial charge is 0.329 e. The monoisotopic (exact) mass is 412 g/mol. The number of fused-ring (bicyclic) bond motifs is 1. The molecule has 0 bridgehead atoms. The summed E-state index contributed by atoms with van der Waals surface area (Å²) >= 11 is 0. The number of nitrogens with zero attached hydrogens (tertiary/aromatic N) is 3. The Morgan fingerprint density at radius 3 is 2.67 bits per heavy atom. The van der Waals surface area contributed by atoms with Gasteiger partial charge in [-0.2, -0.15) is 0 Å². The van der Waals surface area contributed by atoms with Crippen LogP contribution in [0.2, 0.25) is 0 Å². The summed E-state index contributed by atoms with van der Waals surface area (Å²) in [5.41, 5.74) is 1.31. The fraction of sp³-hybridized carbons (Fsp3) is 0.522. The Hall–Kier alpha value is -2.67. The molecule has 0 radical (unpaired) electrons. The van der Waals surface area contributed by atoms with Crippen LogP contribution in [0.3, 0.4) is 0 Å². The fourth-order valence-electron chi connectivity index (χ4n) is 3.49. The van der Waals surface area contributed by atoms with Crippen molar-refractivity contribution in [3.8, 4) is 0 Å². The Bertz CT molecular complexity index is 827. The van der Waals surface area contributed by atoms with Crippen LogP contribution in [0.4, 0.5) is 4.79 Å². The van der Waals surface area contributed by atoms with Crippen LogP contribution in [-0.4, -0.2) is 65.5 Å². The quantitative estimate of drug-likeness (QED) is 0.713. The van der Waals surface area contributed by atoms with Gasteiger partial charge in [0.1, 0.15) is 5.84 Å². The minimum atomic E-state index is -0.287. The third kappa shape index (κ3) is 5.48. The van der Waals surface area contributed by atoms with Gasteiger partial charge in [0.2, 0.25) is 0 Å². The molecular weight excluding hydrogens is 380 g/mol. The Labute approximate surface area is 178 Å². The van der Waals surface area contributed by atoms with E-state index in [4.69, 9.17) is 9.73 Å². The molecule has 30 heavy (non-hydrogen) atoms. The summed E-state index contributed by atoms with van der Waals surface area (Å²) in [5, 5.41) is 2.91. The lowest BCUT2D eigenvalue weighted by Gasteiger charge is -2.32. The van der Waals surface area contributed by atoms with E-state index < -0.39 is 0 Å². The third-order valence-electron chi connectivity index (χ3n) is 4.92. The number of nitrogens with one attached hydrogen (secondary N) is 1. The second kappa shape index (κ2) is 9.43. The van der Waals surface area contributed by atoms with Crippen LogP contribution in [0, 0.1) is 0 Å². The normalized spacial score (nSPS) is 18.8. The molecular formula is C23H32N4O3. The lowest BCUT2D eigenvalue weighted by atomic mass is 10.1. The molecule has 0 spiro atoms. The van der Waals surface area contributed by atoms with E-state index in [1.54, 1.807) is 16.0 Å². The molecule has 0 aromatic heterocycles. The van der Waals surface area contributed by atoms with Gasteiger partial charge in [0.05, 0.1) is 36.9 Å². The maximum atomic E-state index is 13.1. The first-order chi connectivity index (χ1) is 14.3. The van der Waals surface area contributed by atoms with Gasteiger partial charge in [-0.05, 0) is 39.2 Å². The molecule has 0 aliphatic carbocycles. The van der Waals surface area contributed by atoms with E-state index in [0.717, 1.165) is 18.4 Å². The number of hydrogen-bond acceptors (Lipinski definition) is 4. The molecule has 2 aliphatic rings. The van der Waals surface area contributed by atoms with Crippen molar-refractivity contribution in [2.75, 3.05) is 26.2 Å². The standard InChI is InChI=1S/C23H32N4O3/c1-5-11-24-21(28)19-16-26(12-13-30-23(2,3)4)22(29)27-15-18(25-20(19)27)14-17-9-7-6-8-10-17/h6-10,16,18H,5,11-15H2,1-4H3,(H,24,28)/t18-/m1/s1. The number of rotatable bonds is 8. The lowest BCUT2D eigenvalue weighted by molar-refractivity contribution is -0.117. The summed E-state index contributed by atoms with van der Waals surface area (Å²) in [6, 6.07) is 9.86. The lowest BCUT2D eigenvalue weighted by Crippen LogP contribution is -2.51. The zero-order valence-corrected chi connectivity index (χ0v) is 18.4. The Morgan fingerprint density at radius 1 is 1.27 bits per heavy atom. The molecule has 0 fully saturated rings. The maximum Gasteiger partial charge on any atom is 0.329 e. The average Bonchev–Trinajstić information content (AvgIpc) is 3.11. The molecule has 7 nitrogen and oxygen atoms in total. The molecule has 3 rings (SSSR count). The molecule has 3 amide bonds. The van der Waals surface area contributed by atoms with Gasteiger partial charge in [0.25, 0.3) is 5.91 Å². The van der Waals surface area contributed by atoms with Crippen LogP contribution in [0.15, 0.2) is 47.1 Å². The Kier molecular flexibility index (Phi) is 6.92. The van der Waals surface area contributed by atoms with Crippen LogP contribution in [0.25, 0.3) is 0 Å². The van der Waals surface area contributed by atoms with E-state index >= 15 is 0 Å². The first kappa shape index (κ1) is 22.0. The predicted octanol–water partition coefficient (Wildman–Crippen LogP) is 2.97. The van der Waals surface area contributed by atoms with E-state index in [9.17, 15) is 9.59 Å². The van der Waals surface area contributed by atoms with Crippen LogP contribution < -0.4 is 5.32 Å². The Morgan fingerprint density at radius 2 is 2.00 bits per heavy atom. The number of hydrogen-bond donors (Lipinski definition) is 1. The average molecular weight is 413 g/mol. The summed E-state index contributed by atoms with van der Waals surface area (Å²) in [4.78, 5) is 33.8. The highest BCUT2D eigenvalue weighted by molar-refractivity contribution is 6.25. The van der Waals surface area contributed by atoms with Crippen molar-refractivity contribution in [1.29, 1.82) is 0 Å². The van der Waals surface area contributed by atoms with E-state index in [0.29, 0.717) is 37.6 Å². The van der Waals surface area contributed by atoms with Gasteiger partial charge in [-0.15, -0.1) is 0 Å². The van der Waals surface area contributed by atoms with Crippen molar-refractivity contribution in [2.24, 2.45) is 4.99 Å². The van der Waals surface area contributed by atoms with Crippen LogP contribution in [-0.2, 0) is 16.0 Å². The van der Waals surface area contributed by atoms with Crippen molar-refractivity contribution in [1.82, 2.24) is 15.1 Å². The van der Waals surface area contributed by atoms with Gasteiger partial charge in [-0.1, -0.05) is 37.3 Å². The summed E-state index contributed by atoms with van der Waals surface area (Å²) in [6.45, 7) is 9.76. The minimum Gasteiger partial charge on any atom is -0.374 e. The van der Waals surface area contributed by atoms with Gasteiger partial charge >= 0.3 is 6.03 Å². The summed E-state index contributed by atoms with van der Waals surface area (Å²) in [6.07, 6.45) is 3.19. The predicted molar refractivity (Wildman–Crippen MR) is 117 cm³/mol. The van der Waals surface area contributed by atoms with Crippen molar-refractivity contribution in [3.63, 3.8) is 0 Å². The number of amides is 3. The number of urea groups is 1. The first-order valence-electron chi connectivity index (χ1n) is 10.6. The van der Waals surface area contributed by atoms with Crippen molar-refractivity contribution < 1.29 is 14.3 Å². The van der Waals surface area contributed by atoms with Gasteiger partial charge in [0, 0.05) is 12.7 Å². The largest absolute Gasteiger partial charge is 0.374 e. The number of aliphatic imine (C=N–C) groups is 1. The highest BCUT2D eigenvalue weighted by Gasteiger charge is 2.40. The van der Waals surface area contributed by atoms with Crippen molar-refractivity contribution in [3.05, 3.63) is 47.7 Å². The molecule has 2 aliphatic heterocycles. The molecule has 1 N–H and O–H groups in total. The minimum absolute atomic E-state index is 0.0699. The topological polar surface area (TPSA) is 74.2 Å². The van der Waals surface area contributed by atoms with Crippen molar-refractivity contribution in [2.45, 2.75) is 52.2 Å². The van der Waals surface area contributed by atoms with Gasteiger partial charge in [0.15, 0.2) is 0 Å². The molecule has 2 heterocycles. The maximum absolute atomic E-state index is 13.1. The fourth-order valence-corrected chi connectivity index (χ4v) is 3.49. The molecule has 162 valence electrons.